The zero-order chi connectivity index (χ0) is 15.9. The molecule has 0 spiro atoms. The summed E-state index contributed by atoms with van der Waals surface area (Å²) in [6, 6.07) is 14.3. The molecule has 0 aliphatic heterocycles. The van der Waals surface area contributed by atoms with Crippen LogP contribution in [-0.2, 0) is 4.79 Å². The highest BCUT2D eigenvalue weighted by Gasteiger charge is 2.11. The van der Waals surface area contributed by atoms with E-state index in [0.29, 0.717) is 29.3 Å². The molecular formula is C17H16ClNO3. The lowest BCUT2D eigenvalue weighted by molar-refractivity contribution is -0.137. The molecule has 2 N–H and O–H groups in total. The summed E-state index contributed by atoms with van der Waals surface area (Å²) in [5, 5.41) is 19.2. The zero-order valence-electron chi connectivity index (χ0n) is 11.9. The van der Waals surface area contributed by atoms with Crippen LogP contribution in [0.3, 0.4) is 0 Å². The maximum absolute atomic E-state index is 10.6. The van der Waals surface area contributed by atoms with Crippen molar-refractivity contribution < 1.29 is 15.0 Å². The molecule has 0 aromatic heterocycles. The number of halogens is 1. The summed E-state index contributed by atoms with van der Waals surface area (Å²) >= 11 is 5.86. The maximum Gasteiger partial charge on any atom is 0.303 e. The normalized spacial score (nSPS) is 11.4. The number of hydrogen-bond donors (Lipinski definition) is 2. The van der Waals surface area contributed by atoms with Gasteiger partial charge in [0.25, 0.3) is 0 Å². The van der Waals surface area contributed by atoms with Crippen LogP contribution in [0.5, 0.6) is 5.75 Å². The van der Waals surface area contributed by atoms with Crippen molar-refractivity contribution in [3.8, 4) is 5.75 Å². The molecule has 2 aromatic rings. The largest absolute Gasteiger partial charge is 0.507 e. The molecule has 5 heteroatoms. The number of carbonyl (C=O) groups is 1. The first kappa shape index (κ1) is 16.0. The fourth-order valence-corrected chi connectivity index (χ4v) is 2.22. The second-order valence-electron chi connectivity index (χ2n) is 4.76. The second-order valence-corrected chi connectivity index (χ2v) is 5.19. The monoisotopic (exact) mass is 317 g/mol. The number of rotatable bonds is 6. The molecule has 0 radical (unpaired) electrons. The van der Waals surface area contributed by atoms with Crippen LogP contribution in [0.25, 0.3) is 0 Å². The number of phenolic OH excluding ortho intramolecular Hbond substituents is 1. The van der Waals surface area contributed by atoms with Crippen LogP contribution in [0, 0.1) is 0 Å². The average molecular weight is 318 g/mol. The quantitative estimate of drug-likeness (QED) is 0.629. The molecule has 114 valence electrons. The molecule has 0 aliphatic rings. The minimum atomic E-state index is -0.842. The van der Waals surface area contributed by atoms with Gasteiger partial charge in [-0.05, 0) is 24.6 Å². The molecule has 0 unspecified atom stereocenters. The first-order valence-electron chi connectivity index (χ1n) is 6.88. The summed E-state index contributed by atoms with van der Waals surface area (Å²) in [7, 11) is 0. The summed E-state index contributed by atoms with van der Waals surface area (Å²) in [5.74, 6) is -0.792. The van der Waals surface area contributed by atoms with E-state index >= 15 is 0 Å². The van der Waals surface area contributed by atoms with Crippen LogP contribution in [0.2, 0.25) is 5.02 Å². The van der Waals surface area contributed by atoms with Crippen molar-refractivity contribution >= 4 is 23.3 Å². The minimum Gasteiger partial charge on any atom is -0.507 e. The highest BCUT2D eigenvalue weighted by Crippen LogP contribution is 2.25. The van der Waals surface area contributed by atoms with Crippen LogP contribution in [0.1, 0.15) is 24.0 Å². The second kappa shape index (κ2) is 7.61. The van der Waals surface area contributed by atoms with E-state index in [4.69, 9.17) is 16.7 Å². The van der Waals surface area contributed by atoms with Crippen molar-refractivity contribution in [3.63, 3.8) is 0 Å². The number of aliphatic carboxylic acids is 1. The standard InChI is InChI=1S/C17H16ClNO3/c18-13-8-9-14(15(20)11-13)17(12-5-2-1-3-6-12)19-10-4-7-16(21)22/h1-3,5-6,8-9,11,20H,4,7,10H2,(H,21,22). The predicted octanol–water partition coefficient (Wildman–Crippen LogP) is 3.75. The van der Waals surface area contributed by atoms with E-state index < -0.39 is 5.97 Å². The number of carboxylic acid groups (broad SMARTS) is 1. The summed E-state index contributed by atoms with van der Waals surface area (Å²) in [6.07, 6.45) is 0.512. The van der Waals surface area contributed by atoms with E-state index in [1.165, 1.54) is 6.07 Å². The highest BCUT2D eigenvalue weighted by molar-refractivity contribution is 6.31. The molecule has 4 nitrogen and oxygen atoms in total. The van der Waals surface area contributed by atoms with Crippen LogP contribution in [-0.4, -0.2) is 28.4 Å². The SMILES string of the molecule is O=C(O)CCCN=C(c1ccccc1)c1ccc(Cl)cc1O. The molecule has 2 aromatic carbocycles. The van der Waals surface area contributed by atoms with Gasteiger partial charge in [0.15, 0.2) is 0 Å². The molecule has 0 aliphatic carbocycles. The van der Waals surface area contributed by atoms with E-state index in [0.717, 1.165) is 5.56 Å². The Balaban J connectivity index is 2.33. The third-order valence-electron chi connectivity index (χ3n) is 3.08. The van der Waals surface area contributed by atoms with E-state index in [9.17, 15) is 9.90 Å². The molecule has 0 atom stereocenters. The zero-order valence-corrected chi connectivity index (χ0v) is 12.6. The summed E-state index contributed by atoms with van der Waals surface area (Å²) in [4.78, 5) is 15.0. The lowest BCUT2D eigenvalue weighted by Crippen LogP contribution is -2.06. The third-order valence-corrected chi connectivity index (χ3v) is 3.32. The third kappa shape index (κ3) is 4.33. The van der Waals surface area contributed by atoms with Crippen molar-refractivity contribution in [1.82, 2.24) is 0 Å². The van der Waals surface area contributed by atoms with Gasteiger partial charge in [-0.3, -0.25) is 9.79 Å². The fraction of sp³-hybridized carbons (Fsp3) is 0.176. The minimum absolute atomic E-state index is 0.0494. The number of aromatic hydroxyl groups is 1. The smallest absolute Gasteiger partial charge is 0.303 e. The lowest BCUT2D eigenvalue weighted by Gasteiger charge is -2.10. The number of carboxylic acids is 1. The Morgan fingerprint density at radius 1 is 1.14 bits per heavy atom. The molecule has 0 bridgehead atoms. The Labute approximate surface area is 133 Å². The van der Waals surface area contributed by atoms with Gasteiger partial charge in [0.05, 0.1) is 5.71 Å². The molecule has 0 heterocycles. The topological polar surface area (TPSA) is 69.9 Å². The first-order valence-corrected chi connectivity index (χ1v) is 7.26. The molecular weight excluding hydrogens is 302 g/mol. The first-order chi connectivity index (χ1) is 10.6. The number of benzene rings is 2. The van der Waals surface area contributed by atoms with Crippen molar-refractivity contribution in [3.05, 3.63) is 64.7 Å². The van der Waals surface area contributed by atoms with Gasteiger partial charge in [-0.15, -0.1) is 0 Å². The molecule has 2 rings (SSSR count). The lowest BCUT2D eigenvalue weighted by atomic mass is 10.0. The Morgan fingerprint density at radius 3 is 2.50 bits per heavy atom. The number of phenols is 1. The van der Waals surface area contributed by atoms with Crippen molar-refractivity contribution in [2.45, 2.75) is 12.8 Å². The van der Waals surface area contributed by atoms with Crippen LogP contribution in [0.15, 0.2) is 53.5 Å². The summed E-state index contributed by atoms with van der Waals surface area (Å²) in [5.41, 5.74) is 2.06. The van der Waals surface area contributed by atoms with Crippen molar-refractivity contribution in [2.24, 2.45) is 4.99 Å². The van der Waals surface area contributed by atoms with Crippen molar-refractivity contribution in [1.29, 1.82) is 0 Å². The van der Waals surface area contributed by atoms with Crippen LogP contribution < -0.4 is 0 Å². The Bertz CT molecular complexity index is 684. The average Bonchev–Trinajstić information content (AvgIpc) is 2.49. The van der Waals surface area contributed by atoms with Gasteiger partial charge in [0.1, 0.15) is 5.75 Å². The number of nitrogens with zero attached hydrogens (tertiary/aromatic N) is 1. The molecule has 0 saturated carbocycles. The fourth-order valence-electron chi connectivity index (χ4n) is 2.05. The summed E-state index contributed by atoms with van der Waals surface area (Å²) in [6.45, 7) is 0.374. The van der Waals surface area contributed by atoms with Gasteiger partial charge in [-0.2, -0.15) is 0 Å². The van der Waals surface area contributed by atoms with E-state index in [1.807, 2.05) is 30.3 Å². The van der Waals surface area contributed by atoms with Crippen molar-refractivity contribution in [2.75, 3.05) is 6.54 Å². The Kier molecular flexibility index (Phi) is 5.55. The molecule has 0 saturated heterocycles. The van der Waals surface area contributed by atoms with Gasteiger partial charge in [0, 0.05) is 29.1 Å². The molecule has 22 heavy (non-hydrogen) atoms. The summed E-state index contributed by atoms with van der Waals surface area (Å²) < 4.78 is 0. The molecule has 0 fully saturated rings. The van der Waals surface area contributed by atoms with Gasteiger partial charge < -0.3 is 10.2 Å². The van der Waals surface area contributed by atoms with E-state index in [-0.39, 0.29) is 12.2 Å². The van der Waals surface area contributed by atoms with Crippen LogP contribution in [0.4, 0.5) is 0 Å². The number of aliphatic imine (C=N–C) groups is 1. The highest BCUT2D eigenvalue weighted by atomic mass is 35.5. The van der Waals surface area contributed by atoms with E-state index in [2.05, 4.69) is 4.99 Å². The Hall–Kier alpha value is -2.33. The van der Waals surface area contributed by atoms with Crippen LogP contribution >= 0.6 is 11.6 Å². The Morgan fingerprint density at radius 2 is 1.86 bits per heavy atom. The van der Waals surface area contributed by atoms with Gasteiger partial charge >= 0.3 is 5.97 Å². The molecule has 0 amide bonds. The number of hydrogen-bond acceptors (Lipinski definition) is 3. The maximum atomic E-state index is 10.6. The van der Waals surface area contributed by atoms with Gasteiger partial charge in [-0.25, -0.2) is 0 Å². The van der Waals surface area contributed by atoms with Gasteiger partial charge in [0.2, 0.25) is 0 Å². The predicted molar refractivity (Wildman–Crippen MR) is 86.9 cm³/mol. The van der Waals surface area contributed by atoms with E-state index in [1.54, 1.807) is 12.1 Å². The van der Waals surface area contributed by atoms with Gasteiger partial charge in [-0.1, -0.05) is 41.9 Å².